The molecular formula is C19H38N2. The van der Waals surface area contributed by atoms with Crippen molar-refractivity contribution in [3.63, 3.8) is 0 Å². The van der Waals surface area contributed by atoms with Gasteiger partial charge >= 0.3 is 0 Å². The molecule has 2 fully saturated rings. The lowest BCUT2D eigenvalue weighted by molar-refractivity contribution is 0.149. The van der Waals surface area contributed by atoms with E-state index in [2.05, 4.69) is 38.2 Å². The fraction of sp³-hybridized carbons (Fsp3) is 1.00. The van der Waals surface area contributed by atoms with Crippen LogP contribution in [0, 0.1) is 11.3 Å². The number of nitrogens with one attached hydrogen (secondary N) is 1. The van der Waals surface area contributed by atoms with E-state index in [1.165, 1.54) is 70.8 Å². The lowest BCUT2D eigenvalue weighted by Crippen LogP contribution is -2.47. The van der Waals surface area contributed by atoms with Gasteiger partial charge in [-0.05, 0) is 64.0 Å². The van der Waals surface area contributed by atoms with Crippen molar-refractivity contribution in [1.29, 1.82) is 0 Å². The molecule has 0 aromatic heterocycles. The van der Waals surface area contributed by atoms with Crippen LogP contribution < -0.4 is 5.32 Å². The topological polar surface area (TPSA) is 15.3 Å². The van der Waals surface area contributed by atoms with E-state index in [-0.39, 0.29) is 0 Å². The molecule has 0 heterocycles. The number of likely N-dealkylation sites (N-methyl/N-ethyl adjacent to an activating group) is 1. The first-order chi connectivity index (χ1) is 10.1. The maximum absolute atomic E-state index is 3.92. The van der Waals surface area contributed by atoms with Gasteiger partial charge < -0.3 is 10.2 Å². The third-order valence-electron chi connectivity index (χ3n) is 6.58. The van der Waals surface area contributed by atoms with E-state index in [0.29, 0.717) is 6.04 Å². The van der Waals surface area contributed by atoms with Crippen LogP contribution in [0.3, 0.4) is 0 Å². The molecule has 0 bridgehead atoms. The third-order valence-corrected chi connectivity index (χ3v) is 6.58. The Hall–Kier alpha value is -0.0800. The lowest BCUT2D eigenvalue weighted by atomic mass is 9.71. The fourth-order valence-corrected chi connectivity index (χ4v) is 4.95. The molecule has 0 amide bonds. The Bertz CT molecular complexity index is 280. The highest BCUT2D eigenvalue weighted by Gasteiger charge is 2.37. The predicted molar refractivity (Wildman–Crippen MR) is 92.7 cm³/mol. The van der Waals surface area contributed by atoms with Crippen LogP contribution in [0.5, 0.6) is 0 Å². The van der Waals surface area contributed by atoms with Crippen molar-refractivity contribution < 1.29 is 0 Å². The van der Waals surface area contributed by atoms with Crippen LogP contribution in [-0.2, 0) is 0 Å². The first-order valence-electron chi connectivity index (χ1n) is 9.50. The summed E-state index contributed by atoms with van der Waals surface area (Å²) < 4.78 is 0. The molecule has 2 aliphatic carbocycles. The van der Waals surface area contributed by atoms with Gasteiger partial charge in [-0.25, -0.2) is 0 Å². The molecule has 1 N–H and O–H groups in total. The van der Waals surface area contributed by atoms with Gasteiger partial charge in [-0.1, -0.05) is 39.5 Å². The highest BCUT2D eigenvalue weighted by Crippen LogP contribution is 2.48. The van der Waals surface area contributed by atoms with Gasteiger partial charge in [0.2, 0.25) is 0 Å². The summed E-state index contributed by atoms with van der Waals surface area (Å²) in [5.41, 5.74) is 0.772. The standard InChI is InChI=1S/C19H38N2/c1-5-16(6-2)18(21(3)4)15-20-17-9-13-19(14-10-17)11-7-8-12-19/h16-18,20H,5-15H2,1-4H3. The summed E-state index contributed by atoms with van der Waals surface area (Å²) in [5, 5.41) is 3.92. The molecule has 2 aliphatic rings. The fourth-order valence-electron chi connectivity index (χ4n) is 4.95. The number of hydrogen-bond donors (Lipinski definition) is 1. The van der Waals surface area contributed by atoms with E-state index in [1.807, 2.05) is 0 Å². The molecule has 2 heteroatoms. The number of hydrogen-bond acceptors (Lipinski definition) is 2. The van der Waals surface area contributed by atoms with Crippen molar-refractivity contribution in [2.75, 3.05) is 20.6 Å². The van der Waals surface area contributed by atoms with Gasteiger partial charge in [0.1, 0.15) is 0 Å². The van der Waals surface area contributed by atoms with E-state index >= 15 is 0 Å². The average molecular weight is 295 g/mol. The van der Waals surface area contributed by atoms with Crippen molar-refractivity contribution in [1.82, 2.24) is 10.2 Å². The van der Waals surface area contributed by atoms with Gasteiger partial charge in [-0.2, -0.15) is 0 Å². The molecule has 1 unspecified atom stereocenters. The van der Waals surface area contributed by atoms with Gasteiger partial charge in [-0.3, -0.25) is 0 Å². The average Bonchev–Trinajstić information content (AvgIpc) is 2.93. The largest absolute Gasteiger partial charge is 0.312 e. The predicted octanol–water partition coefficient (Wildman–Crippen LogP) is 4.45. The third kappa shape index (κ3) is 4.45. The lowest BCUT2D eigenvalue weighted by Gasteiger charge is -2.39. The smallest absolute Gasteiger partial charge is 0.0242 e. The van der Waals surface area contributed by atoms with Crippen LogP contribution >= 0.6 is 0 Å². The molecule has 1 atom stereocenters. The van der Waals surface area contributed by atoms with Crippen molar-refractivity contribution in [2.45, 2.75) is 90.1 Å². The Morgan fingerprint density at radius 1 is 1.00 bits per heavy atom. The minimum absolute atomic E-state index is 0.697. The normalized spacial score (nSPS) is 24.3. The van der Waals surface area contributed by atoms with Gasteiger partial charge in [0.25, 0.3) is 0 Å². The quantitative estimate of drug-likeness (QED) is 0.746. The first-order valence-corrected chi connectivity index (χ1v) is 9.50. The van der Waals surface area contributed by atoms with Gasteiger partial charge in [0, 0.05) is 18.6 Å². The molecule has 124 valence electrons. The molecule has 2 saturated carbocycles. The second kappa shape index (κ2) is 7.97. The molecule has 0 aromatic carbocycles. The van der Waals surface area contributed by atoms with Crippen LogP contribution in [0.2, 0.25) is 0 Å². The zero-order chi connectivity index (χ0) is 15.3. The summed E-state index contributed by atoms with van der Waals surface area (Å²) in [7, 11) is 4.50. The highest BCUT2D eigenvalue weighted by molar-refractivity contribution is 4.92. The molecule has 21 heavy (non-hydrogen) atoms. The summed E-state index contributed by atoms with van der Waals surface area (Å²) in [6.45, 7) is 5.86. The monoisotopic (exact) mass is 294 g/mol. The molecule has 1 spiro atoms. The molecule has 2 rings (SSSR count). The van der Waals surface area contributed by atoms with Crippen LogP contribution in [0.1, 0.15) is 78.1 Å². The Kier molecular flexibility index (Phi) is 6.55. The van der Waals surface area contributed by atoms with Crippen LogP contribution in [0.4, 0.5) is 0 Å². The Morgan fingerprint density at radius 3 is 2.05 bits per heavy atom. The van der Waals surface area contributed by atoms with Gasteiger partial charge in [0.15, 0.2) is 0 Å². The summed E-state index contributed by atoms with van der Waals surface area (Å²) >= 11 is 0. The van der Waals surface area contributed by atoms with Crippen molar-refractivity contribution in [2.24, 2.45) is 11.3 Å². The molecular weight excluding hydrogens is 256 g/mol. The SMILES string of the molecule is CCC(CC)C(CNC1CCC2(CCCC2)CC1)N(C)C. The van der Waals surface area contributed by atoms with E-state index in [0.717, 1.165) is 17.4 Å². The Morgan fingerprint density at radius 2 is 1.57 bits per heavy atom. The zero-order valence-corrected chi connectivity index (χ0v) is 15.0. The first kappa shape index (κ1) is 17.3. The summed E-state index contributed by atoms with van der Waals surface area (Å²) in [5.74, 6) is 0.831. The van der Waals surface area contributed by atoms with Crippen molar-refractivity contribution in [3.8, 4) is 0 Å². The summed E-state index contributed by atoms with van der Waals surface area (Å²) in [4.78, 5) is 2.44. The van der Waals surface area contributed by atoms with Crippen LogP contribution in [-0.4, -0.2) is 37.6 Å². The zero-order valence-electron chi connectivity index (χ0n) is 15.0. The van der Waals surface area contributed by atoms with E-state index in [1.54, 1.807) is 0 Å². The molecule has 0 aliphatic heterocycles. The number of nitrogens with zero attached hydrogens (tertiary/aromatic N) is 1. The minimum atomic E-state index is 0.697. The maximum Gasteiger partial charge on any atom is 0.0242 e. The number of rotatable bonds is 7. The molecule has 0 aromatic rings. The molecule has 0 saturated heterocycles. The summed E-state index contributed by atoms with van der Waals surface area (Å²) in [6, 6.07) is 1.48. The van der Waals surface area contributed by atoms with E-state index in [4.69, 9.17) is 0 Å². The van der Waals surface area contributed by atoms with Crippen LogP contribution in [0.15, 0.2) is 0 Å². The van der Waals surface area contributed by atoms with Crippen molar-refractivity contribution in [3.05, 3.63) is 0 Å². The molecule has 0 radical (unpaired) electrons. The van der Waals surface area contributed by atoms with Gasteiger partial charge in [0.05, 0.1) is 0 Å². The van der Waals surface area contributed by atoms with Crippen molar-refractivity contribution >= 4 is 0 Å². The minimum Gasteiger partial charge on any atom is -0.312 e. The molecule has 2 nitrogen and oxygen atoms in total. The highest BCUT2D eigenvalue weighted by atomic mass is 15.1. The Labute approximate surface area is 133 Å². The maximum atomic E-state index is 3.92. The van der Waals surface area contributed by atoms with E-state index < -0.39 is 0 Å². The Balaban J connectivity index is 1.77. The second-order valence-corrected chi connectivity index (χ2v) is 8.00. The summed E-state index contributed by atoms with van der Waals surface area (Å²) in [6.07, 6.45) is 14.5. The van der Waals surface area contributed by atoms with Crippen LogP contribution in [0.25, 0.3) is 0 Å². The second-order valence-electron chi connectivity index (χ2n) is 8.00. The van der Waals surface area contributed by atoms with Gasteiger partial charge in [-0.15, -0.1) is 0 Å². The van der Waals surface area contributed by atoms with E-state index in [9.17, 15) is 0 Å².